The summed E-state index contributed by atoms with van der Waals surface area (Å²) in [4.78, 5) is 12.3. The fraction of sp³-hybridized carbons (Fsp3) is 0.545. The first-order chi connectivity index (χ1) is 13.7. The van der Waals surface area contributed by atoms with Gasteiger partial charge in [0.05, 0.1) is 6.07 Å². The minimum Gasteiger partial charge on any atom is -0.367 e. The fourth-order valence-electron chi connectivity index (χ4n) is 3.54. The van der Waals surface area contributed by atoms with Gasteiger partial charge >= 0.3 is 0 Å². The molecule has 2 fully saturated rings. The standard InChI is InChI=1S/C22H26FN3O2/c23-20-12-17(7-6-16-4-1-2-5-16)8-9-18(20)13-19(14-24)26-22(27)21-15-25-10-3-11-28-21/h8-9,12,16,19,21,25H,1-5,10-11,13,15H2,(H,26,27)/t19-,21-/m0/s1. The summed E-state index contributed by atoms with van der Waals surface area (Å²) in [6.07, 6.45) is 4.99. The molecule has 6 heteroatoms. The summed E-state index contributed by atoms with van der Waals surface area (Å²) in [6, 6.07) is 6.05. The van der Waals surface area contributed by atoms with Gasteiger partial charge in [0.25, 0.3) is 5.91 Å². The van der Waals surface area contributed by atoms with E-state index in [1.165, 1.54) is 18.9 Å². The smallest absolute Gasteiger partial charge is 0.251 e. The lowest BCUT2D eigenvalue weighted by Gasteiger charge is -2.18. The van der Waals surface area contributed by atoms with Gasteiger partial charge in [0.15, 0.2) is 0 Å². The summed E-state index contributed by atoms with van der Waals surface area (Å²) in [5.41, 5.74) is 1.03. The van der Waals surface area contributed by atoms with Crippen LogP contribution in [0.5, 0.6) is 0 Å². The van der Waals surface area contributed by atoms with Crippen LogP contribution >= 0.6 is 0 Å². The predicted octanol–water partition coefficient (Wildman–Crippen LogP) is 2.30. The summed E-state index contributed by atoms with van der Waals surface area (Å²) in [5.74, 6) is 5.94. The molecule has 0 radical (unpaired) electrons. The van der Waals surface area contributed by atoms with E-state index in [1.54, 1.807) is 12.1 Å². The number of rotatable bonds is 4. The molecule has 1 amide bonds. The van der Waals surface area contributed by atoms with Crippen LogP contribution in [0, 0.1) is 34.9 Å². The second-order valence-electron chi connectivity index (χ2n) is 7.37. The minimum absolute atomic E-state index is 0.102. The van der Waals surface area contributed by atoms with Crippen LogP contribution < -0.4 is 10.6 Å². The van der Waals surface area contributed by atoms with Crippen molar-refractivity contribution in [1.29, 1.82) is 5.26 Å². The van der Waals surface area contributed by atoms with Crippen LogP contribution in [0.4, 0.5) is 4.39 Å². The van der Waals surface area contributed by atoms with Gasteiger partial charge in [-0.05, 0) is 43.5 Å². The molecule has 1 saturated carbocycles. The van der Waals surface area contributed by atoms with Crippen molar-refractivity contribution in [2.24, 2.45) is 5.92 Å². The number of nitrogens with zero attached hydrogens (tertiary/aromatic N) is 1. The quantitative estimate of drug-likeness (QED) is 0.783. The zero-order valence-electron chi connectivity index (χ0n) is 16.0. The Morgan fingerprint density at radius 2 is 2.18 bits per heavy atom. The molecule has 3 rings (SSSR count). The first kappa shape index (κ1) is 20.3. The molecule has 5 nitrogen and oxygen atoms in total. The molecule has 1 aliphatic heterocycles. The van der Waals surface area contributed by atoms with Gasteiger partial charge in [0.1, 0.15) is 18.0 Å². The number of halogens is 1. The van der Waals surface area contributed by atoms with Crippen LogP contribution in [0.15, 0.2) is 18.2 Å². The molecule has 1 aliphatic carbocycles. The van der Waals surface area contributed by atoms with Gasteiger partial charge in [-0.2, -0.15) is 5.26 Å². The third kappa shape index (κ3) is 5.79. The summed E-state index contributed by atoms with van der Waals surface area (Å²) >= 11 is 0. The molecule has 1 aromatic rings. The molecule has 0 aromatic heterocycles. The van der Waals surface area contributed by atoms with Gasteiger partial charge in [0, 0.05) is 31.1 Å². The Balaban J connectivity index is 1.59. The van der Waals surface area contributed by atoms with E-state index in [-0.39, 0.29) is 12.3 Å². The van der Waals surface area contributed by atoms with Crippen LogP contribution in [-0.2, 0) is 16.0 Å². The van der Waals surface area contributed by atoms with Crippen molar-refractivity contribution in [3.63, 3.8) is 0 Å². The highest BCUT2D eigenvalue weighted by Gasteiger charge is 2.24. The molecular formula is C22H26FN3O2. The highest BCUT2D eigenvalue weighted by Crippen LogP contribution is 2.23. The van der Waals surface area contributed by atoms with Crippen LogP contribution in [0.1, 0.15) is 43.2 Å². The number of carbonyl (C=O) groups is 1. The first-order valence-corrected chi connectivity index (χ1v) is 9.98. The summed E-state index contributed by atoms with van der Waals surface area (Å²) in [6.45, 7) is 1.71. The number of nitriles is 1. The van der Waals surface area contributed by atoms with Crippen molar-refractivity contribution in [3.8, 4) is 17.9 Å². The largest absolute Gasteiger partial charge is 0.367 e. The van der Waals surface area contributed by atoms with Gasteiger partial charge < -0.3 is 15.4 Å². The number of hydrogen-bond acceptors (Lipinski definition) is 4. The van der Waals surface area contributed by atoms with Crippen LogP contribution in [-0.4, -0.2) is 37.7 Å². The molecule has 1 heterocycles. The average Bonchev–Trinajstić information content (AvgIpc) is 3.07. The molecule has 1 aromatic carbocycles. The molecular weight excluding hydrogens is 357 g/mol. The van der Waals surface area contributed by atoms with Gasteiger partial charge in [-0.15, -0.1) is 0 Å². The van der Waals surface area contributed by atoms with Crippen molar-refractivity contribution in [2.45, 2.75) is 50.7 Å². The van der Waals surface area contributed by atoms with Crippen molar-refractivity contribution >= 4 is 5.91 Å². The minimum atomic E-state index is -0.815. The fourth-order valence-corrected chi connectivity index (χ4v) is 3.54. The van der Waals surface area contributed by atoms with E-state index < -0.39 is 18.0 Å². The average molecular weight is 383 g/mol. The molecule has 0 spiro atoms. The van der Waals surface area contributed by atoms with E-state index in [4.69, 9.17) is 4.74 Å². The third-order valence-electron chi connectivity index (χ3n) is 5.16. The summed E-state index contributed by atoms with van der Waals surface area (Å²) in [7, 11) is 0. The van der Waals surface area contributed by atoms with Crippen LogP contribution in [0.3, 0.4) is 0 Å². The number of benzene rings is 1. The van der Waals surface area contributed by atoms with Gasteiger partial charge in [0.2, 0.25) is 0 Å². The Kier molecular flexibility index (Phi) is 7.42. The Labute approximate surface area is 165 Å². The maximum Gasteiger partial charge on any atom is 0.251 e. The van der Waals surface area contributed by atoms with Crippen LogP contribution in [0.25, 0.3) is 0 Å². The van der Waals surface area contributed by atoms with Crippen LogP contribution in [0.2, 0.25) is 0 Å². The van der Waals surface area contributed by atoms with Crippen molar-refractivity contribution < 1.29 is 13.9 Å². The number of amides is 1. The van der Waals surface area contributed by atoms with E-state index in [2.05, 4.69) is 22.5 Å². The maximum absolute atomic E-state index is 14.5. The normalized spacial score (nSPS) is 21.1. The second-order valence-corrected chi connectivity index (χ2v) is 7.37. The lowest BCUT2D eigenvalue weighted by molar-refractivity contribution is -0.132. The molecule has 1 saturated heterocycles. The maximum atomic E-state index is 14.5. The predicted molar refractivity (Wildman–Crippen MR) is 104 cm³/mol. The molecule has 0 unspecified atom stereocenters. The second kappa shape index (κ2) is 10.2. The van der Waals surface area contributed by atoms with E-state index in [0.29, 0.717) is 30.2 Å². The molecule has 2 aliphatic rings. The topological polar surface area (TPSA) is 74.2 Å². The zero-order valence-corrected chi connectivity index (χ0v) is 16.0. The van der Waals surface area contributed by atoms with E-state index in [9.17, 15) is 14.4 Å². The Morgan fingerprint density at radius 3 is 2.93 bits per heavy atom. The Hall–Kier alpha value is -2.41. The number of ether oxygens (including phenoxy) is 1. The monoisotopic (exact) mass is 383 g/mol. The molecule has 0 bridgehead atoms. The molecule has 148 valence electrons. The number of hydrogen-bond donors (Lipinski definition) is 2. The highest BCUT2D eigenvalue weighted by atomic mass is 19.1. The van der Waals surface area contributed by atoms with E-state index in [1.807, 2.05) is 6.07 Å². The summed E-state index contributed by atoms with van der Waals surface area (Å²) < 4.78 is 20.0. The SMILES string of the molecule is N#C[C@H](Cc1ccc(C#CC2CCCC2)cc1F)NC(=O)[C@@H]1CNCCCO1. The van der Waals surface area contributed by atoms with Crippen molar-refractivity contribution in [3.05, 3.63) is 35.1 Å². The van der Waals surface area contributed by atoms with Crippen molar-refractivity contribution in [2.75, 3.05) is 19.7 Å². The Morgan fingerprint density at radius 1 is 1.36 bits per heavy atom. The van der Waals surface area contributed by atoms with Gasteiger partial charge in [-0.1, -0.05) is 30.7 Å². The number of carbonyl (C=O) groups excluding carboxylic acids is 1. The Bertz CT molecular complexity index is 779. The lowest BCUT2D eigenvalue weighted by atomic mass is 10.0. The molecule has 2 N–H and O–H groups in total. The van der Waals surface area contributed by atoms with Gasteiger partial charge in [-0.3, -0.25) is 4.79 Å². The third-order valence-corrected chi connectivity index (χ3v) is 5.16. The first-order valence-electron chi connectivity index (χ1n) is 9.98. The van der Waals surface area contributed by atoms with E-state index >= 15 is 0 Å². The molecule has 2 atom stereocenters. The molecule has 28 heavy (non-hydrogen) atoms. The van der Waals surface area contributed by atoms with Gasteiger partial charge in [-0.25, -0.2) is 4.39 Å². The number of nitrogens with one attached hydrogen (secondary N) is 2. The lowest BCUT2D eigenvalue weighted by Crippen LogP contribution is -2.46. The zero-order chi connectivity index (χ0) is 19.8. The highest BCUT2D eigenvalue weighted by molar-refractivity contribution is 5.81. The van der Waals surface area contributed by atoms with E-state index in [0.717, 1.165) is 25.8 Å². The summed E-state index contributed by atoms with van der Waals surface area (Å²) in [5, 5.41) is 15.2. The van der Waals surface area contributed by atoms with Crippen molar-refractivity contribution in [1.82, 2.24) is 10.6 Å².